The Morgan fingerprint density at radius 3 is 1.03 bits per heavy atom. The van der Waals surface area contributed by atoms with Crippen molar-refractivity contribution >= 4 is 87.2 Å². The number of aromatic nitrogens is 5. The van der Waals surface area contributed by atoms with E-state index >= 15 is 0 Å². The van der Waals surface area contributed by atoms with Gasteiger partial charge in [0.1, 0.15) is 0 Å². The van der Waals surface area contributed by atoms with Crippen molar-refractivity contribution in [2.75, 3.05) is 0 Å². The smallest absolute Gasteiger partial charge is 0.0710 e. The van der Waals surface area contributed by atoms with Gasteiger partial charge in [-0.2, -0.15) is 0 Å². The Kier molecular flexibility index (Phi) is 8.29. The Bertz CT molecular complexity index is 4290. The lowest BCUT2D eigenvalue weighted by Gasteiger charge is -2.13. The molecule has 70 heavy (non-hydrogen) atoms. The van der Waals surface area contributed by atoms with Gasteiger partial charge in [-0.05, 0) is 97.1 Å². The summed E-state index contributed by atoms with van der Waals surface area (Å²) in [6.07, 6.45) is 0. The molecule has 15 aromatic rings. The Hall–Kier alpha value is -9.45. The lowest BCUT2D eigenvalue weighted by molar-refractivity contribution is 1.17. The highest BCUT2D eigenvalue weighted by Crippen LogP contribution is 2.44. The molecule has 0 fully saturated rings. The van der Waals surface area contributed by atoms with Gasteiger partial charge < -0.3 is 18.3 Å². The van der Waals surface area contributed by atoms with Crippen LogP contribution in [-0.2, 0) is 0 Å². The van der Waals surface area contributed by atoms with Crippen LogP contribution in [0.15, 0.2) is 249 Å². The van der Waals surface area contributed by atoms with Gasteiger partial charge in [0.05, 0.1) is 55.5 Å². The fourth-order valence-electron chi connectivity index (χ4n) is 11.6. The van der Waals surface area contributed by atoms with Crippen molar-refractivity contribution in [2.24, 2.45) is 0 Å². The van der Waals surface area contributed by atoms with Gasteiger partial charge in [0.25, 0.3) is 0 Å². The minimum absolute atomic E-state index is 0.920. The maximum absolute atomic E-state index is 5.44. The molecule has 0 atom stereocenters. The van der Waals surface area contributed by atoms with Crippen LogP contribution in [-0.4, -0.2) is 23.3 Å². The standard InChI is InChI=1S/C65H41N5/c1-3-20-44(21-4-1)67-58-34-13-9-28-52(58)62-60(67)38-36-50-48-26-7-11-32-56(48)69(64(50)62)46-24-15-18-42(40-46)54-30-17-31-55(66-54)43-19-16-25-47(41-43)70-57-33-12-8-27-49(57)51-37-39-61-63(65(51)70)53-29-10-14-35-59(53)68(61)45-22-5-2-6-23-45/h1-41H. The van der Waals surface area contributed by atoms with Crippen molar-refractivity contribution in [1.82, 2.24) is 23.3 Å². The van der Waals surface area contributed by atoms with E-state index in [4.69, 9.17) is 4.98 Å². The lowest BCUT2D eigenvalue weighted by atomic mass is 10.1. The van der Waals surface area contributed by atoms with Gasteiger partial charge in [-0.25, -0.2) is 4.98 Å². The molecule has 0 aliphatic carbocycles. The quantitative estimate of drug-likeness (QED) is 0.164. The predicted molar refractivity (Wildman–Crippen MR) is 292 cm³/mol. The Labute approximate surface area is 402 Å². The summed E-state index contributed by atoms with van der Waals surface area (Å²) in [5, 5.41) is 9.86. The zero-order valence-corrected chi connectivity index (χ0v) is 37.9. The first kappa shape index (κ1) is 38.6. The summed E-state index contributed by atoms with van der Waals surface area (Å²) in [7, 11) is 0. The van der Waals surface area contributed by atoms with Crippen LogP contribution in [0.4, 0.5) is 0 Å². The maximum Gasteiger partial charge on any atom is 0.0710 e. The molecule has 0 unspecified atom stereocenters. The molecule has 0 radical (unpaired) electrons. The molecule has 0 aliphatic rings. The number of fused-ring (bicyclic) bond motifs is 14. The van der Waals surface area contributed by atoms with E-state index in [-0.39, 0.29) is 0 Å². The first-order valence-corrected chi connectivity index (χ1v) is 24.0. The molecule has 5 heterocycles. The molecule has 0 bridgehead atoms. The highest BCUT2D eigenvalue weighted by molar-refractivity contribution is 6.27. The fraction of sp³-hybridized carbons (Fsp3) is 0. The van der Waals surface area contributed by atoms with Crippen molar-refractivity contribution in [3.63, 3.8) is 0 Å². The van der Waals surface area contributed by atoms with Crippen molar-refractivity contribution in [1.29, 1.82) is 0 Å². The molecule has 0 aliphatic heterocycles. The van der Waals surface area contributed by atoms with E-state index < -0.39 is 0 Å². The molecule has 326 valence electrons. The third-order valence-electron chi connectivity index (χ3n) is 14.5. The van der Waals surface area contributed by atoms with Crippen LogP contribution in [0.3, 0.4) is 0 Å². The van der Waals surface area contributed by atoms with Crippen molar-refractivity contribution < 1.29 is 0 Å². The third-order valence-corrected chi connectivity index (χ3v) is 14.5. The number of pyridine rings is 1. The number of para-hydroxylation sites is 6. The Morgan fingerprint density at radius 1 is 0.229 bits per heavy atom. The molecule has 5 nitrogen and oxygen atoms in total. The summed E-state index contributed by atoms with van der Waals surface area (Å²) in [4.78, 5) is 5.44. The van der Waals surface area contributed by atoms with Gasteiger partial charge in [0.15, 0.2) is 0 Å². The molecule has 0 saturated heterocycles. The largest absolute Gasteiger partial charge is 0.309 e. The average Bonchev–Trinajstić information content (AvgIpc) is 4.16. The molecule has 0 saturated carbocycles. The summed E-state index contributed by atoms with van der Waals surface area (Å²) in [5.74, 6) is 0. The zero-order chi connectivity index (χ0) is 45.9. The second-order valence-electron chi connectivity index (χ2n) is 18.3. The predicted octanol–water partition coefficient (Wildman–Crippen LogP) is 16.8. The monoisotopic (exact) mass is 891 g/mol. The maximum atomic E-state index is 5.44. The lowest BCUT2D eigenvalue weighted by Crippen LogP contribution is -1.97. The minimum Gasteiger partial charge on any atom is -0.309 e. The molecule has 15 rings (SSSR count). The van der Waals surface area contributed by atoms with Gasteiger partial charge in [-0.1, -0.05) is 152 Å². The summed E-state index contributed by atoms with van der Waals surface area (Å²) >= 11 is 0. The first-order valence-electron chi connectivity index (χ1n) is 24.0. The Balaban J connectivity index is 0.893. The van der Waals surface area contributed by atoms with Gasteiger partial charge in [-0.15, -0.1) is 0 Å². The highest BCUT2D eigenvalue weighted by atomic mass is 15.0. The van der Waals surface area contributed by atoms with Crippen LogP contribution in [0.25, 0.3) is 132 Å². The zero-order valence-electron chi connectivity index (χ0n) is 37.9. The van der Waals surface area contributed by atoms with E-state index in [9.17, 15) is 0 Å². The molecular formula is C65H41N5. The summed E-state index contributed by atoms with van der Waals surface area (Å²) < 4.78 is 9.73. The number of nitrogens with zero attached hydrogens (tertiary/aromatic N) is 5. The molecule has 0 amide bonds. The number of rotatable bonds is 6. The molecule has 0 spiro atoms. The Morgan fingerprint density at radius 2 is 0.586 bits per heavy atom. The number of hydrogen-bond donors (Lipinski definition) is 0. The molecular weight excluding hydrogens is 851 g/mol. The molecule has 5 aromatic heterocycles. The van der Waals surface area contributed by atoms with Gasteiger partial charge in [0.2, 0.25) is 0 Å². The summed E-state index contributed by atoms with van der Waals surface area (Å²) in [6, 6.07) is 90.1. The molecule has 0 N–H and O–H groups in total. The van der Waals surface area contributed by atoms with Gasteiger partial charge in [0, 0.05) is 77.0 Å². The van der Waals surface area contributed by atoms with E-state index in [1.807, 2.05) is 0 Å². The van der Waals surface area contributed by atoms with Crippen LogP contribution in [0.1, 0.15) is 0 Å². The van der Waals surface area contributed by atoms with Crippen LogP contribution in [0.5, 0.6) is 0 Å². The number of hydrogen-bond acceptors (Lipinski definition) is 1. The highest BCUT2D eigenvalue weighted by Gasteiger charge is 2.23. The SMILES string of the molecule is c1ccc(-n2c3ccccc3c3c2ccc2c4ccccc4n(-c4cccc(-c5cccc(-c6cccc(-n7c8ccccc8c8ccc9c(c%10ccccc%10n9-c9ccccc9)c87)c6)n5)c4)c23)cc1. The van der Waals surface area contributed by atoms with Gasteiger partial charge in [-0.3, -0.25) is 0 Å². The van der Waals surface area contributed by atoms with Crippen LogP contribution in [0.2, 0.25) is 0 Å². The normalized spacial score (nSPS) is 12.0. The van der Waals surface area contributed by atoms with Crippen molar-refractivity contribution in [3.05, 3.63) is 249 Å². The van der Waals surface area contributed by atoms with E-state index in [0.717, 1.165) is 45.3 Å². The summed E-state index contributed by atoms with van der Waals surface area (Å²) in [5.41, 5.74) is 17.9. The van der Waals surface area contributed by atoms with Crippen LogP contribution >= 0.6 is 0 Å². The molecule has 10 aromatic carbocycles. The van der Waals surface area contributed by atoms with E-state index in [1.165, 1.54) is 87.2 Å². The second-order valence-corrected chi connectivity index (χ2v) is 18.3. The number of benzene rings is 10. The van der Waals surface area contributed by atoms with Crippen LogP contribution in [0, 0.1) is 0 Å². The van der Waals surface area contributed by atoms with Crippen molar-refractivity contribution in [3.8, 4) is 45.3 Å². The third kappa shape index (κ3) is 5.57. The van der Waals surface area contributed by atoms with E-state index in [2.05, 4.69) is 267 Å². The first-order chi connectivity index (χ1) is 34.8. The average molecular weight is 892 g/mol. The second kappa shape index (κ2) is 15.0. The van der Waals surface area contributed by atoms with E-state index in [0.29, 0.717) is 0 Å². The molecule has 5 heteroatoms. The van der Waals surface area contributed by atoms with Crippen molar-refractivity contribution in [2.45, 2.75) is 0 Å². The van der Waals surface area contributed by atoms with Gasteiger partial charge >= 0.3 is 0 Å². The van der Waals surface area contributed by atoms with Crippen LogP contribution < -0.4 is 0 Å². The summed E-state index contributed by atoms with van der Waals surface area (Å²) in [6.45, 7) is 0. The minimum atomic E-state index is 0.920. The van der Waals surface area contributed by atoms with E-state index in [1.54, 1.807) is 0 Å². The topological polar surface area (TPSA) is 32.6 Å². The fourth-order valence-corrected chi connectivity index (χ4v) is 11.6.